The molecule has 1 aromatic carbocycles. The van der Waals surface area contributed by atoms with Crippen molar-refractivity contribution in [2.75, 3.05) is 0 Å². The van der Waals surface area contributed by atoms with Crippen molar-refractivity contribution in [3.05, 3.63) is 35.6 Å². The first-order valence-corrected chi connectivity index (χ1v) is 4.30. The Bertz CT molecular complexity index is 272. The molecule has 0 aliphatic heterocycles. The summed E-state index contributed by atoms with van der Waals surface area (Å²) in [7, 11) is 0. The van der Waals surface area contributed by atoms with Crippen molar-refractivity contribution in [1.29, 1.82) is 0 Å². The van der Waals surface area contributed by atoms with E-state index in [2.05, 4.69) is 4.84 Å². The van der Waals surface area contributed by atoms with Gasteiger partial charge in [-0.15, -0.1) is 0 Å². The van der Waals surface area contributed by atoms with Crippen molar-refractivity contribution in [3.63, 3.8) is 0 Å². The van der Waals surface area contributed by atoms with Crippen LogP contribution >= 0.6 is 11.8 Å². The van der Waals surface area contributed by atoms with Gasteiger partial charge in [-0.2, -0.15) is 0 Å². The third-order valence-electron chi connectivity index (χ3n) is 2.23. The molecule has 0 spiro atoms. The predicted molar refractivity (Wildman–Crippen MR) is 46.5 cm³/mol. The van der Waals surface area contributed by atoms with Crippen LogP contribution in [0.25, 0.3) is 0 Å². The molecule has 0 bridgehead atoms. The molecule has 1 N–H and O–H groups in total. The van der Waals surface area contributed by atoms with Crippen molar-refractivity contribution < 1.29 is 4.39 Å². The third-order valence-corrected chi connectivity index (χ3v) is 2.51. The normalized spacial score (nSPS) is 27.2. The molecule has 1 aromatic rings. The van der Waals surface area contributed by atoms with Crippen LogP contribution < -0.4 is 4.84 Å². The van der Waals surface area contributed by atoms with Crippen LogP contribution in [0.4, 0.5) is 4.39 Å². The molecular formula is C9H9ClFN. The SMILES string of the molecule is Fc1ccc(C2CC2NCl)cc1. The fourth-order valence-corrected chi connectivity index (χ4v) is 1.64. The second-order valence-corrected chi connectivity index (χ2v) is 3.33. The van der Waals surface area contributed by atoms with Gasteiger partial charge in [-0.3, -0.25) is 0 Å². The van der Waals surface area contributed by atoms with Gasteiger partial charge in [0.15, 0.2) is 0 Å². The number of hydrogen-bond acceptors (Lipinski definition) is 1. The quantitative estimate of drug-likeness (QED) is 0.698. The maximum absolute atomic E-state index is 12.5. The molecule has 0 aromatic heterocycles. The smallest absolute Gasteiger partial charge is 0.123 e. The fraction of sp³-hybridized carbons (Fsp3) is 0.333. The monoisotopic (exact) mass is 185 g/mol. The van der Waals surface area contributed by atoms with Gasteiger partial charge in [0.05, 0.1) is 0 Å². The van der Waals surface area contributed by atoms with Crippen LogP contribution in [-0.4, -0.2) is 6.04 Å². The molecule has 2 atom stereocenters. The molecule has 2 rings (SSSR count). The summed E-state index contributed by atoms with van der Waals surface area (Å²) in [5.41, 5.74) is 1.16. The minimum Gasteiger partial charge on any atom is -0.230 e. The van der Waals surface area contributed by atoms with Crippen LogP contribution in [-0.2, 0) is 0 Å². The van der Waals surface area contributed by atoms with Gasteiger partial charge < -0.3 is 0 Å². The number of halogens is 2. The lowest BCUT2D eigenvalue weighted by atomic mass is 10.1. The summed E-state index contributed by atoms with van der Waals surface area (Å²) in [6.45, 7) is 0. The Hall–Kier alpha value is -0.600. The van der Waals surface area contributed by atoms with E-state index in [9.17, 15) is 4.39 Å². The molecule has 2 unspecified atom stereocenters. The summed E-state index contributed by atoms with van der Waals surface area (Å²) in [5.74, 6) is 0.290. The lowest BCUT2D eigenvalue weighted by Gasteiger charge is -1.97. The number of nitrogens with one attached hydrogen (secondary N) is 1. The predicted octanol–water partition coefficient (Wildman–Crippen LogP) is 2.42. The number of benzene rings is 1. The molecule has 1 aliphatic rings. The Balaban J connectivity index is 2.10. The van der Waals surface area contributed by atoms with Gasteiger partial charge in [-0.1, -0.05) is 12.1 Å². The summed E-state index contributed by atoms with van der Waals surface area (Å²) >= 11 is 5.45. The van der Waals surface area contributed by atoms with Gasteiger partial charge in [-0.05, 0) is 35.9 Å². The van der Waals surface area contributed by atoms with Crippen molar-refractivity contribution in [2.45, 2.75) is 18.4 Å². The van der Waals surface area contributed by atoms with E-state index in [-0.39, 0.29) is 5.82 Å². The van der Waals surface area contributed by atoms with Gasteiger partial charge in [0.2, 0.25) is 0 Å². The Morgan fingerprint density at radius 3 is 2.50 bits per heavy atom. The van der Waals surface area contributed by atoms with E-state index in [1.54, 1.807) is 0 Å². The second-order valence-electron chi connectivity index (χ2n) is 3.11. The van der Waals surface area contributed by atoms with E-state index in [4.69, 9.17) is 11.8 Å². The van der Waals surface area contributed by atoms with E-state index in [0.717, 1.165) is 12.0 Å². The largest absolute Gasteiger partial charge is 0.230 e. The van der Waals surface area contributed by atoms with Gasteiger partial charge in [0.25, 0.3) is 0 Å². The molecular weight excluding hydrogens is 177 g/mol. The molecule has 0 amide bonds. The average molecular weight is 186 g/mol. The van der Waals surface area contributed by atoms with Crippen molar-refractivity contribution in [1.82, 2.24) is 4.84 Å². The maximum atomic E-state index is 12.5. The first kappa shape index (κ1) is 8.02. The number of rotatable bonds is 2. The van der Waals surface area contributed by atoms with E-state index < -0.39 is 0 Å². The zero-order valence-corrected chi connectivity index (χ0v) is 7.18. The summed E-state index contributed by atoms with van der Waals surface area (Å²) in [6.07, 6.45) is 1.05. The first-order valence-electron chi connectivity index (χ1n) is 3.93. The van der Waals surface area contributed by atoms with Gasteiger partial charge in [-0.25, -0.2) is 9.23 Å². The van der Waals surface area contributed by atoms with Gasteiger partial charge in [0.1, 0.15) is 5.82 Å². The molecule has 1 fully saturated rings. The maximum Gasteiger partial charge on any atom is 0.123 e. The molecule has 1 nitrogen and oxygen atoms in total. The van der Waals surface area contributed by atoms with Crippen molar-refractivity contribution in [2.24, 2.45) is 0 Å². The zero-order chi connectivity index (χ0) is 8.55. The molecule has 0 radical (unpaired) electrons. The van der Waals surface area contributed by atoms with E-state index >= 15 is 0 Å². The van der Waals surface area contributed by atoms with Crippen LogP contribution in [0.15, 0.2) is 24.3 Å². The highest BCUT2D eigenvalue weighted by molar-refractivity contribution is 6.13. The molecule has 12 heavy (non-hydrogen) atoms. The minimum absolute atomic E-state index is 0.185. The third kappa shape index (κ3) is 1.45. The van der Waals surface area contributed by atoms with Crippen molar-refractivity contribution >= 4 is 11.8 Å². The second kappa shape index (κ2) is 3.04. The van der Waals surface area contributed by atoms with Gasteiger partial charge >= 0.3 is 0 Å². The lowest BCUT2D eigenvalue weighted by molar-refractivity contribution is 0.627. The van der Waals surface area contributed by atoms with Crippen LogP contribution in [0.2, 0.25) is 0 Å². The van der Waals surface area contributed by atoms with E-state index in [1.165, 1.54) is 12.1 Å². The first-order chi connectivity index (χ1) is 5.81. The molecule has 0 heterocycles. The molecule has 64 valence electrons. The Kier molecular flexibility index (Phi) is 2.03. The topological polar surface area (TPSA) is 12.0 Å². The lowest BCUT2D eigenvalue weighted by Crippen LogP contribution is -2.02. The number of hydrogen-bond donors (Lipinski definition) is 1. The average Bonchev–Trinajstić information content (AvgIpc) is 2.85. The van der Waals surface area contributed by atoms with Crippen molar-refractivity contribution in [3.8, 4) is 0 Å². The fourth-order valence-electron chi connectivity index (χ4n) is 1.39. The van der Waals surface area contributed by atoms with Crippen LogP contribution in [0, 0.1) is 5.82 Å². The van der Waals surface area contributed by atoms with Crippen LogP contribution in [0.5, 0.6) is 0 Å². The summed E-state index contributed by atoms with van der Waals surface area (Å²) in [4.78, 5) is 2.68. The standard InChI is InChI=1S/C9H9ClFN/c10-12-9-5-8(9)6-1-3-7(11)4-2-6/h1-4,8-9,12H,5H2. The van der Waals surface area contributed by atoms with Crippen LogP contribution in [0.3, 0.4) is 0 Å². The summed E-state index contributed by atoms with van der Waals surface area (Å²) < 4.78 is 12.5. The van der Waals surface area contributed by atoms with E-state index in [0.29, 0.717) is 12.0 Å². The Labute approximate surface area is 75.7 Å². The Morgan fingerprint density at radius 2 is 2.00 bits per heavy atom. The van der Waals surface area contributed by atoms with Crippen LogP contribution in [0.1, 0.15) is 17.9 Å². The highest BCUT2D eigenvalue weighted by Crippen LogP contribution is 2.40. The minimum atomic E-state index is -0.185. The molecule has 0 saturated heterocycles. The van der Waals surface area contributed by atoms with Gasteiger partial charge in [0, 0.05) is 12.0 Å². The molecule has 1 aliphatic carbocycles. The zero-order valence-electron chi connectivity index (χ0n) is 6.43. The molecule has 1 saturated carbocycles. The summed E-state index contributed by atoms with van der Waals surface area (Å²) in [6, 6.07) is 6.97. The Morgan fingerprint density at radius 1 is 1.33 bits per heavy atom. The highest BCUT2D eigenvalue weighted by atomic mass is 35.5. The van der Waals surface area contributed by atoms with E-state index in [1.807, 2.05) is 12.1 Å². The molecule has 3 heteroatoms. The highest BCUT2D eigenvalue weighted by Gasteiger charge is 2.37. The summed E-state index contributed by atoms with van der Waals surface area (Å²) in [5, 5.41) is 0.